The van der Waals surface area contributed by atoms with Crippen molar-refractivity contribution in [3.05, 3.63) is 64.2 Å². The van der Waals surface area contributed by atoms with Crippen LogP contribution in [-0.2, 0) is 16.6 Å². The summed E-state index contributed by atoms with van der Waals surface area (Å²) in [7, 11) is -3.88. The summed E-state index contributed by atoms with van der Waals surface area (Å²) >= 11 is 0. The highest BCUT2D eigenvalue weighted by Crippen LogP contribution is 2.31. The van der Waals surface area contributed by atoms with Crippen LogP contribution in [0.3, 0.4) is 0 Å². The molecule has 0 bridgehead atoms. The van der Waals surface area contributed by atoms with Crippen molar-refractivity contribution in [2.75, 3.05) is 0 Å². The van der Waals surface area contributed by atoms with Gasteiger partial charge in [-0.3, -0.25) is 4.79 Å². The van der Waals surface area contributed by atoms with Gasteiger partial charge in [0.1, 0.15) is 0 Å². The van der Waals surface area contributed by atoms with Crippen molar-refractivity contribution in [2.45, 2.75) is 63.9 Å². The Morgan fingerprint density at radius 3 is 2.25 bits per heavy atom. The van der Waals surface area contributed by atoms with Gasteiger partial charge in [-0.15, -0.1) is 0 Å². The fourth-order valence-electron chi connectivity index (χ4n) is 3.37. The number of amides is 1. The van der Waals surface area contributed by atoms with Crippen LogP contribution in [-0.4, -0.2) is 25.3 Å². The standard InChI is InChI=1S/C22H28N2O3S/c1-14(2)18-7-5-17(6-8-18)13-24(20-9-10-20)22(25)19-11-15(3)16(4)21(12-19)28(23,26)27/h5-8,11-12,14,20H,9-10,13H2,1-4H3,(H2,23,26,27). The number of rotatable bonds is 6. The Labute approximate surface area is 167 Å². The first-order valence-corrected chi connectivity index (χ1v) is 11.2. The Bertz CT molecular complexity index is 991. The number of hydrogen-bond donors (Lipinski definition) is 1. The lowest BCUT2D eigenvalue weighted by Gasteiger charge is -2.24. The van der Waals surface area contributed by atoms with E-state index in [0.717, 1.165) is 24.0 Å². The minimum absolute atomic E-state index is 0.0212. The van der Waals surface area contributed by atoms with Gasteiger partial charge in [-0.1, -0.05) is 38.1 Å². The number of benzene rings is 2. The zero-order valence-corrected chi connectivity index (χ0v) is 17.7. The van der Waals surface area contributed by atoms with E-state index >= 15 is 0 Å². The number of sulfonamides is 1. The van der Waals surface area contributed by atoms with Gasteiger partial charge in [-0.05, 0) is 67.0 Å². The predicted octanol–water partition coefficient (Wildman–Crippen LogP) is 3.88. The molecule has 2 aromatic carbocycles. The molecule has 6 heteroatoms. The van der Waals surface area contributed by atoms with Crippen molar-refractivity contribution in [3.8, 4) is 0 Å². The van der Waals surface area contributed by atoms with Crippen molar-refractivity contribution in [2.24, 2.45) is 5.14 Å². The summed E-state index contributed by atoms with van der Waals surface area (Å²) in [4.78, 5) is 15.1. The molecule has 0 atom stereocenters. The summed E-state index contributed by atoms with van der Waals surface area (Å²) in [6.07, 6.45) is 1.95. The Morgan fingerprint density at radius 2 is 1.75 bits per heavy atom. The first kappa shape index (κ1) is 20.6. The molecule has 1 aliphatic carbocycles. The lowest BCUT2D eigenvalue weighted by molar-refractivity contribution is 0.0729. The molecule has 1 amide bonds. The van der Waals surface area contributed by atoms with Crippen LogP contribution in [0.5, 0.6) is 0 Å². The maximum absolute atomic E-state index is 13.2. The zero-order chi connectivity index (χ0) is 20.6. The second kappa shape index (κ2) is 7.68. The third kappa shape index (κ3) is 4.45. The molecule has 0 unspecified atom stereocenters. The molecule has 28 heavy (non-hydrogen) atoms. The summed E-state index contributed by atoms with van der Waals surface area (Å²) in [6.45, 7) is 8.32. The summed E-state index contributed by atoms with van der Waals surface area (Å²) < 4.78 is 23.9. The third-order valence-corrected chi connectivity index (χ3v) is 6.46. The van der Waals surface area contributed by atoms with Gasteiger partial charge in [0.05, 0.1) is 4.90 Å². The third-order valence-electron chi connectivity index (χ3n) is 5.42. The molecule has 1 aliphatic rings. The second-order valence-corrected chi connectivity index (χ2v) is 9.55. The van der Waals surface area contributed by atoms with E-state index in [0.29, 0.717) is 23.6 Å². The molecule has 5 nitrogen and oxygen atoms in total. The topological polar surface area (TPSA) is 80.5 Å². The lowest BCUT2D eigenvalue weighted by Crippen LogP contribution is -2.33. The number of carbonyl (C=O) groups excluding carboxylic acids is 1. The van der Waals surface area contributed by atoms with Gasteiger partial charge in [-0.2, -0.15) is 0 Å². The predicted molar refractivity (Wildman–Crippen MR) is 111 cm³/mol. The van der Waals surface area contributed by atoms with E-state index in [-0.39, 0.29) is 16.8 Å². The second-order valence-electron chi connectivity index (χ2n) is 8.02. The van der Waals surface area contributed by atoms with Gasteiger partial charge in [0.15, 0.2) is 0 Å². The summed E-state index contributed by atoms with van der Waals surface area (Å²) in [5, 5.41) is 5.35. The largest absolute Gasteiger partial charge is 0.331 e. The van der Waals surface area contributed by atoms with Crippen LogP contribution in [0.1, 0.15) is 65.2 Å². The molecule has 0 heterocycles. The minimum atomic E-state index is -3.88. The number of aryl methyl sites for hydroxylation is 1. The Morgan fingerprint density at radius 1 is 1.14 bits per heavy atom. The molecule has 2 aromatic rings. The molecule has 0 aromatic heterocycles. The van der Waals surface area contributed by atoms with Crippen molar-refractivity contribution in [3.63, 3.8) is 0 Å². The molecular formula is C22H28N2O3S. The maximum Gasteiger partial charge on any atom is 0.254 e. The Balaban J connectivity index is 1.91. The number of carbonyl (C=O) groups is 1. The molecule has 2 N–H and O–H groups in total. The van der Waals surface area contributed by atoms with Crippen LogP contribution in [0.25, 0.3) is 0 Å². The first-order chi connectivity index (χ1) is 13.1. The van der Waals surface area contributed by atoms with Crippen LogP contribution in [0.15, 0.2) is 41.3 Å². The number of hydrogen-bond acceptors (Lipinski definition) is 3. The molecule has 0 radical (unpaired) electrons. The van der Waals surface area contributed by atoms with Gasteiger partial charge < -0.3 is 4.90 Å². The van der Waals surface area contributed by atoms with E-state index in [1.165, 1.54) is 11.6 Å². The van der Waals surface area contributed by atoms with Crippen LogP contribution >= 0.6 is 0 Å². The van der Waals surface area contributed by atoms with Gasteiger partial charge in [0, 0.05) is 18.2 Å². The summed E-state index contributed by atoms with van der Waals surface area (Å²) in [5.74, 6) is 0.311. The van der Waals surface area contributed by atoms with Gasteiger partial charge in [-0.25, -0.2) is 13.6 Å². The smallest absolute Gasteiger partial charge is 0.254 e. The maximum atomic E-state index is 13.2. The average Bonchev–Trinajstić information content (AvgIpc) is 3.45. The first-order valence-electron chi connectivity index (χ1n) is 9.61. The monoisotopic (exact) mass is 400 g/mol. The fourth-order valence-corrected chi connectivity index (χ4v) is 4.25. The molecule has 0 spiro atoms. The summed E-state index contributed by atoms with van der Waals surface area (Å²) in [5.41, 5.74) is 4.03. The van der Waals surface area contributed by atoms with Crippen molar-refractivity contribution in [1.82, 2.24) is 4.90 Å². The minimum Gasteiger partial charge on any atom is -0.331 e. The highest BCUT2D eigenvalue weighted by molar-refractivity contribution is 7.89. The van der Waals surface area contributed by atoms with Gasteiger partial charge in [0.2, 0.25) is 10.0 Å². The molecule has 0 saturated heterocycles. The van der Waals surface area contributed by atoms with Crippen LogP contribution in [0.4, 0.5) is 0 Å². The average molecular weight is 401 g/mol. The molecular weight excluding hydrogens is 372 g/mol. The van der Waals surface area contributed by atoms with Crippen LogP contribution < -0.4 is 5.14 Å². The van der Waals surface area contributed by atoms with E-state index in [4.69, 9.17) is 5.14 Å². The lowest BCUT2D eigenvalue weighted by atomic mass is 10.0. The molecule has 3 rings (SSSR count). The van der Waals surface area contributed by atoms with Gasteiger partial charge in [0.25, 0.3) is 5.91 Å². The van der Waals surface area contributed by atoms with E-state index in [1.54, 1.807) is 19.9 Å². The van der Waals surface area contributed by atoms with E-state index in [1.807, 2.05) is 4.90 Å². The quantitative estimate of drug-likeness (QED) is 0.799. The Kier molecular flexibility index (Phi) is 5.64. The number of nitrogens with zero attached hydrogens (tertiary/aromatic N) is 1. The van der Waals surface area contributed by atoms with E-state index in [2.05, 4.69) is 38.1 Å². The van der Waals surface area contributed by atoms with Crippen molar-refractivity contribution < 1.29 is 13.2 Å². The van der Waals surface area contributed by atoms with E-state index in [9.17, 15) is 13.2 Å². The van der Waals surface area contributed by atoms with Crippen LogP contribution in [0.2, 0.25) is 0 Å². The zero-order valence-electron chi connectivity index (χ0n) is 16.9. The molecule has 1 fully saturated rings. The highest BCUT2D eigenvalue weighted by atomic mass is 32.2. The normalized spacial score (nSPS) is 14.4. The molecule has 1 saturated carbocycles. The fraction of sp³-hybridized carbons (Fsp3) is 0.409. The van der Waals surface area contributed by atoms with Gasteiger partial charge >= 0.3 is 0 Å². The number of nitrogens with two attached hydrogens (primary N) is 1. The van der Waals surface area contributed by atoms with Crippen molar-refractivity contribution in [1.29, 1.82) is 0 Å². The highest BCUT2D eigenvalue weighted by Gasteiger charge is 2.33. The SMILES string of the molecule is Cc1cc(C(=O)N(Cc2ccc(C(C)C)cc2)C2CC2)cc(S(N)(=O)=O)c1C. The molecule has 0 aliphatic heterocycles. The Hall–Kier alpha value is -2.18. The number of primary sulfonamides is 1. The van der Waals surface area contributed by atoms with E-state index < -0.39 is 10.0 Å². The summed E-state index contributed by atoms with van der Waals surface area (Å²) in [6, 6.07) is 11.7. The molecule has 150 valence electrons. The van der Waals surface area contributed by atoms with Crippen LogP contribution in [0, 0.1) is 13.8 Å². The van der Waals surface area contributed by atoms with Crippen molar-refractivity contribution >= 4 is 15.9 Å².